The van der Waals surface area contributed by atoms with E-state index in [4.69, 9.17) is 14.4 Å². The van der Waals surface area contributed by atoms with E-state index in [9.17, 15) is 20.1 Å². The Bertz CT molecular complexity index is 718. The number of hydrogen-bond donors (Lipinski definition) is 5. The molecule has 25 heavy (non-hydrogen) atoms. The molecule has 5 atom stereocenters. The number of nitrogens with one attached hydrogen (secondary N) is 1. The summed E-state index contributed by atoms with van der Waals surface area (Å²) in [6.45, 7) is -0.586. The van der Waals surface area contributed by atoms with Crippen molar-refractivity contribution < 1.29 is 34.5 Å². The summed E-state index contributed by atoms with van der Waals surface area (Å²) in [5, 5.41) is 44.7. The van der Waals surface area contributed by atoms with Crippen molar-refractivity contribution in [3.8, 4) is 11.3 Å². The third-order valence-electron chi connectivity index (χ3n) is 3.97. The summed E-state index contributed by atoms with van der Waals surface area (Å²) < 4.78 is 10.2. The summed E-state index contributed by atoms with van der Waals surface area (Å²) in [6.07, 6.45) is -7.08. The van der Waals surface area contributed by atoms with Crippen LogP contribution in [0.4, 0.5) is 0 Å². The van der Waals surface area contributed by atoms with Gasteiger partial charge in [0.1, 0.15) is 30.1 Å². The van der Waals surface area contributed by atoms with Gasteiger partial charge in [0.05, 0.1) is 6.61 Å². The van der Waals surface area contributed by atoms with E-state index in [2.05, 4.69) is 10.5 Å². The number of nitrogens with zero attached hydrogens (tertiary/aromatic N) is 1. The molecule has 1 amide bonds. The molecule has 1 aliphatic heterocycles. The van der Waals surface area contributed by atoms with E-state index in [0.29, 0.717) is 5.69 Å². The largest absolute Gasteiger partial charge is 0.394 e. The molecule has 5 N–H and O–H groups in total. The van der Waals surface area contributed by atoms with Crippen LogP contribution in [0, 0.1) is 0 Å². The summed E-state index contributed by atoms with van der Waals surface area (Å²) >= 11 is 0. The fourth-order valence-electron chi connectivity index (χ4n) is 2.55. The number of rotatable bonds is 4. The minimum absolute atomic E-state index is 0.115. The SMILES string of the molecule is O=C(N[C@@H]1O[C@H](CO)[C@@H](O)[C@H](O)[C@H]1O)c1cc(-c2ccccc2)no1. The Morgan fingerprint density at radius 3 is 2.52 bits per heavy atom. The maximum absolute atomic E-state index is 12.2. The van der Waals surface area contributed by atoms with Gasteiger partial charge in [-0.1, -0.05) is 35.5 Å². The van der Waals surface area contributed by atoms with Crippen LogP contribution < -0.4 is 5.32 Å². The molecule has 2 heterocycles. The van der Waals surface area contributed by atoms with Crippen molar-refractivity contribution in [3.05, 3.63) is 42.2 Å². The van der Waals surface area contributed by atoms with Gasteiger partial charge in [-0.2, -0.15) is 0 Å². The quantitative estimate of drug-likeness (QED) is 0.466. The third kappa shape index (κ3) is 3.55. The highest BCUT2D eigenvalue weighted by Gasteiger charge is 2.44. The van der Waals surface area contributed by atoms with Crippen LogP contribution in [0.2, 0.25) is 0 Å². The lowest BCUT2D eigenvalue weighted by molar-refractivity contribution is -0.233. The Balaban J connectivity index is 1.71. The van der Waals surface area contributed by atoms with Gasteiger partial charge in [0.25, 0.3) is 5.91 Å². The average molecular weight is 350 g/mol. The fourth-order valence-corrected chi connectivity index (χ4v) is 2.55. The smallest absolute Gasteiger partial charge is 0.291 e. The van der Waals surface area contributed by atoms with Gasteiger partial charge in [-0.3, -0.25) is 4.79 Å². The van der Waals surface area contributed by atoms with Gasteiger partial charge in [0.15, 0.2) is 6.23 Å². The second kappa shape index (κ2) is 7.30. The number of carbonyl (C=O) groups excluding carboxylic acids is 1. The van der Waals surface area contributed by atoms with Crippen molar-refractivity contribution in [1.29, 1.82) is 0 Å². The van der Waals surface area contributed by atoms with Crippen molar-refractivity contribution in [3.63, 3.8) is 0 Å². The Kier molecular flexibility index (Phi) is 5.11. The zero-order chi connectivity index (χ0) is 18.0. The van der Waals surface area contributed by atoms with Crippen molar-refractivity contribution in [2.24, 2.45) is 0 Å². The highest BCUT2D eigenvalue weighted by atomic mass is 16.6. The number of ether oxygens (including phenoxy) is 1. The summed E-state index contributed by atoms with van der Waals surface area (Å²) in [7, 11) is 0. The second-order valence-electron chi connectivity index (χ2n) is 5.67. The summed E-state index contributed by atoms with van der Waals surface area (Å²) in [5.74, 6) is -0.838. The zero-order valence-corrected chi connectivity index (χ0v) is 13.0. The lowest BCUT2D eigenvalue weighted by Crippen LogP contribution is -2.63. The molecular weight excluding hydrogens is 332 g/mol. The molecule has 0 bridgehead atoms. The normalized spacial score (nSPS) is 29.4. The molecule has 0 saturated carbocycles. The highest BCUT2D eigenvalue weighted by Crippen LogP contribution is 2.21. The van der Waals surface area contributed by atoms with Gasteiger partial charge in [0, 0.05) is 11.6 Å². The van der Waals surface area contributed by atoms with Crippen LogP contribution in [-0.4, -0.2) is 68.7 Å². The van der Waals surface area contributed by atoms with Crippen LogP contribution in [0.25, 0.3) is 11.3 Å². The maximum atomic E-state index is 12.2. The number of amides is 1. The predicted octanol–water partition coefficient (Wildman–Crippen LogP) is -1.13. The molecule has 1 aliphatic rings. The molecule has 0 spiro atoms. The first-order valence-electron chi connectivity index (χ1n) is 7.64. The molecule has 0 unspecified atom stereocenters. The minimum Gasteiger partial charge on any atom is -0.394 e. The standard InChI is InChI=1S/C16H18N2O7/c19-7-11-12(20)13(21)14(22)16(24-11)17-15(23)10-6-9(18-25-10)8-4-2-1-3-5-8/h1-6,11-14,16,19-22H,7H2,(H,17,23)/t11-,12-,13+,14-,16-/m1/s1. The van der Waals surface area contributed by atoms with Crippen LogP contribution in [0.5, 0.6) is 0 Å². The lowest BCUT2D eigenvalue weighted by atomic mass is 9.98. The average Bonchev–Trinajstić information content (AvgIpc) is 3.13. The first-order valence-corrected chi connectivity index (χ1v) is 7.64. The fraction of sp³-hybridized carbons (Fsp3) is 0.375. The minimum atomic E-state index is -1.58. The first-order chi connectivity index (χ1) is 12.0. The zero-order valence-electron chi connectivity index (χ0n) is 13.0. The topological polar surface area (TPSA) is 145 Å². The number of hydrogen-bond acceptors (Lipinski definition) is 8. The van der Waals surface area contributed by atoms with E-state index >= 15 is 0 Å². The summed E-state index contributed by atoms with van der Waals surface area (Å²) in [6, 6.07) is 10.5. The van der Waals surface area contributed by atoms with Gasteiger partial charge in [-0.15, -0.1) is 0 Å². The molecule has 134 valence electrons. The van der Waals surface area contributed by atoms with Gasteiger partial charge in [-0.25, -0.2) is 0 Å². The Hall–Kier alpha value is -2.30. The number of benzene rings is 1. The third-order valence-corrected chi connectivity index (χ3v) is 3.97. The highest BCUT2D eigenvalue weighted by molar-refractivity contribution is 5.92. The number of aliphatic hydroxyl groups is 4. The lowest BCUT2D eigenvalue weighted by Gasteiger charge is -2.39. The van der Waals surface area contributed by atoms with Crippen molar-refractivity contribution in [2.45, 2.75) is 30.6 Å². The Morgan fingerprint density at radius 1 is 1.12 bits per heavy atom. The molecule has 0 radical (unpaired) electrons. The molecule has 3 rings (SSSR count). The molecule has 1 aromatic carbocycles. The monoisotopic (exact) mass is 350 g/mol. The predicted molar refractivity (Wildman–Crippen MR) is 83.2 cm³/mol. The van der Waals surface area contributed by atoms with E-state index in [1.165, 1.54) is 6.07 Å². The molecule has 9 nitrogen and oxygen atoms in total. The van der Waals surface area contributed by atoms with Crippen LogP contribution in [0.15, 0.2) is 40.9 Å². The number of aliphatic hydroxyl groups excluding tert-OH is 4. The summed E-state index contributed by atoms with van der Waals surface area (Å²) in [5.41, 5.74) is 1.22. The second-order valence-corrected chi connectivity index (χ2v) is 5.67. The maximum Gasteiger partial charge on any atom is 0.291 e. The van der Waals surface area contributed by atoms with E-state index < -0.39 is 43.2 Å². The van der Waals surface area contributed by atoms with E-state index in [-0.39, 0.29) is 5.76 Å². The molecule has 2 aromatic rings. The number of aromatic nitrogens is 1. The first kappa shape index (κ1) is 17.5. The van der Waals surface area contributed by atoms with Crippen LogP contribution in [0.1, 0.15) is 10.6 Å². The van der Waals surface area contributed by atoms with Crippen molar-refractivity contribution >= 4 is 5.91 Å². The summed E-state index contributed by atoms with van der Waals surface area (Å²) in [4.78, 5) is 12.2. The van der Waals surface area contributed by atoms with E-state index in [0.717, 1.165) is 5.56 Å². The molecule has 1 aromatic heterocycles. The molecule has 1 fully saturated rings. The van der Waals surface area contributed by atoms with Crippen LogP contribution in [-0.2, 0) is 4.74 Å². The Morgan fingerprint density at radius 2 is 1.84 bits per heavy atom. The van der Waals surface area contributed by atoms with Gasteiger partial charge in [0.2, 0.25) is 5.76 Å². The van der Waals surface area contributed by atoms with Crippen molar-refractivity contribution in [2.75, 3.05) is 6.61 Å². The van der Waals surface area contributed by atoms with Gasteiger partial charge < -0.3 is 35.0 Å². The molecule has 1 saturated heterocycles. The van der Waals surface area contributed by atoms with Crippen LogP contribution in [0.3, 0.4) is 0 Å². The van der Waals surface area contributed by atoms with Crippen LogP contribution >= 0.6 is 0 Å². The Labute approximate surface area is 142 Å². The molecule has 0 aliphatic carbocycles. The van der Waals surface area contributed by atoms with Gasteiger partial charge in [-0.05, 0) is 0 Å². The van der Waals surface area contributed by atoms with E-state index in [1.54, 1.807) is 12.1 Å². The van der Waals surface area contributed by atoms with Crippen molar-refractivity contribution in [1.82, 2.24) is 10.5 Å². The molecule has 9 heteroatoms. The molecular formula is C16H18N2O7. The van der Waals surface area contributed by atoms with Gasteiger partial charge >= 0.3 is 0 Å². The number of carbonyl (C=O) groups is 1. The van der Waals surface area contributed by atoms with E-state index in [1.807, 2.05) is 18.2 Å².